The van der Waals surface area contributed by atoms with Gasteiger partial charge in [0.25, 0.3) is 10.0 Å². The highest BCUT2D eigenvalue weighted by atomic mass is 32.2. The van der Waals surface area contributed by atoms with Crippen LogP contribution in [0, 0.1) is 5.82 Å². The molecular weight excluding hydrogens is 431 g/mol. The van der Waals surface area contributed by atoms with Crippen LogP contribution in [0.3, 0.4) is 0 Å². The van der Waals surface area contributed by atoms with E-state index >= 15 is 0 Å². The van der Waals surface area contributed by atoms with Crippen molar-refractivity contribution in [1.29, 1.82) is 0 Å². The zero-order valence-electron chi connectivity index (χ0n) is 17.4. The molecule has 0 saturated carbocycles. The molecule has 0 amide bonds. The molecule has 0 aliphatic carbocycles. The highest BCUT2D eigenvalue weighted by molar-refractivity contribution is 7.92. The van der Waals surface area contributed by atoms with Crippen LogP contribution in [0.15, 0.2) is 76.6 Å². The normalized spacial score (nSPS) is 14.7. The third-order valence-corrected chi connectivity index (χ3v) is 6.23. The predicted molar refractivity (Wildman–Crippen MR) is 123 cm³/mol. The third kappa shape index (κ3) is 4.65. The summed E-state index contributed by atoms with van der Waals surface area (Å²) in [5.74, 6) is 0.162. The molecule has 6 nitrogen and oxygen atoms in total. The van der Waals surface area contributed by atoms with Crippen LogP contribution in [-0.2, 0) is 10.0 Å². The van der Waals surface area contributed by atoms with Crippen molar-refractivity contribution in [2.24, 2.45) is 4.99 Å². The number of nitrogens with zero attached hydrogens (tertiary/aromatic N) is 1. The number of ether oxygens (including phenoxy) is 1. The summed E-state index contributed by atoms with van der Waals surface area (Å²) in [7, 11) is -3.83. The average Bonchev–Trinajstić information content (AvgIpc) is 2.74. The van der Waals surface area contributed by atoms with Crippen molar-refractivity contribution in [2.75, 3.05) is 4.72 Å². The summed E-state index contributed by atoms with van der Waals surface area (Å²) in [5, 5.41) is 10.6. The average molecular weight is 453 g/mol. The largest absolute Gasteiger partial charge is 0.506 e. The molecular formula is C24H21FN2O4S. The Hall–Kier alpha value is -3.65. The molecule has 32 heavy (non-hydrogen) atoms. The molecule has 1 heterocycles. The Kier molecular flexibility index (Phi) is 5.48. The Labute approximate surface area is 185 Å². The van der Waals surface area contributed by atoms with Gasteiger partial charge in [-0.1, -0.05) is 0 Å². The Morgan fingerprint density at radius 2 is 1.72 bits per heavy atom. The van der Waals surface area contributed by atoms with Gasteiger partial charge in [0, 0.05) is 17.5 Å². The topological polar surface area (TPSA) is 88.0 Å². The molecule has 0 spiro atoms. The van der Waals surface area contributed by atoms with Crippen LogP contribution in [0.2, 0.25) is 0 Å². The van der Waals surface area contributed by atoms with Gasteiger partial charge in [0.2, 0.25) is 0 Å². The number of aromatic hydroxyl groups is 1. The van der Waals surface area contributed by atoms with Crippen LogP contribution >= 0.6 is 0 Å². The number of nitrogens with one attached hydrogen (secondary N) is 1. The number of hydrogen-bond acceptors (Lipinski definition) is 5. The monoisotopic (exact) mass is 452 g/mol. The number of phenolic OH excluding ortho intramolecular Hbond substituents is 1. The summed E-state index contributed by atoms with van der Waals surface area (Å²) < 4.78 is 46.1. The van der Waals surface area contributed by atoms with Crippen LogP contribution in [0.5, 0.6) is 11.5 Å². The molecule has 0 atom stereocenters. The summed E-state index contributed by atoms with van der Waals surface area (Å²) in [6.45, 7) is 3.87. The Balaban J connectivity index is 1.49. The first-order valence-corrected chi connectivity index (χ1v) is 11.3. The smallest absolute Gasteiger partial charge is 0.261 e. The van der Waals surface area contributed by atoms with Crippen LogP contribution in [0.4, 0.5) is 15.8 Å². The van der Waals surface area contributed by atoms with Crippen LogP contribution in [0.1, 0.15) is 25.0 Å². The SMILES string of the molecule is CC1(C)C=Cc2c(ccc(/C=N/c3ccc(NS(=O)(=O)c4ccc(F)cc4)cc3)c2O)O1. The Morgan fingerprint density at radius 1 is 1.03 bits per heavy atom. The number of fused-ring (bicyclic) bond motifs is 1. The lowest BCUT2D eigenvalue weighted by atomic mass is 10.00. The number of benzene rings is 3. The highest BCUT2D eigenvalue weighted by Gasteiger charge is 2.24. The Morgan fingerprint density at radius 3 is 2.41 bits per heavy atom. The van der Waals surface area contributed by atoms with Gasteiger partial charge in [0.1, 0.15) is 22.9 Å². The molecule has 0 saturated heterocycles. The van der Waals surface area contributed by atoms with Gasteiger partial charge in [-0.25, -0.2) is 12.8 Å². The molecule has 3 aromatic carbocycles. The van der Waals surface area contributed by atoms with Crippen molar-refractivity contribution in [3.05, 3.63) is 83.7 Å². The molecule has 4 rings (SSSR count). The molecule has 164 valence electrons. The van der Waals surface area contributed by atoms with Crippen LogP contribution < -0.4 is 9.46 Å². The van der Waals surface area contributed by atoms with Crippen molar-refractivity contribution >= 4 is 33.7 Å². The molecule has 1 aliphatic heterocycles. The van der Waals surface area contributed by atoms with E-state index in [2.05, 4.69) is 9.71 Å². The van der Waals surface area contributed by atoms with Gasteiger partial charge in [0.15, 0.2) is 0 Å². The van der Waals surface area contributed by atoms with E-state index in [4.69, 9.17) is 4.74 Å². The van der Waals surface area contributed by atoms with Crippen molar-refractivity contribution in [3.8, 4) is 11.5 Å². The van der Waals surface area contributed by atoms with Crippen molar-refractivity contribution in [2.45, 2.75) is 24.3 Å². The van der Waals surface area contributed by atoms with E-state index < -0.39 is 21.4 Å². The van der Waals surface area contributed by atoms with E-state index in [9.17, 15) is 17.9 Å². The second-order valence-electron chi connectivity index (χ2n) is 7.82. The minimum atomic E-state index is -3.83. The summed E-state index contributed by atoms with van der Waals surface area (Å²) in [5.41, 5.74) is 1.60. The number of sulfonamides is 1. The second kappa shape index (κ2) is 8.12. The summed E-state index contributed by atoms with van der Waals surface area (Å²) >= 11 is 0. The van der Waals surface area contributed by atoms with E-state index in [-0.39, 0.29) is 10.6 Å². The zero-order valence-corrected chi connectivity index (χ0v) is 18.2. The molecule has 0 unspecified atom stereocenters. The van der Waals surface area contributed by atoms with Gasteiger partial charge >= 0.3 is 0 Å². The van der Waals surface area contributed by atoms with E-state index in [1.54, 1.807) is 36.4 Å². The first kappa shape index (κ1) is 21.6. The summed E-state index contributed by atoms with van der Waals surface area (Å²) in [4.78, 5) is 4.31. The first-order chi connectivity index (χ1) is 15.1. The van der Waals surface area contributed by atoms with E-state index in [1.165, 1.54) is 18.3 Å². The Bertz CT molecular complexity index is 1310. The van der Waals surface area contributed by atoms with Crippen molar-refractivity contribution in [1.82, 2.24) is 0 Å². The number of phenols is 1. The standard InChI is InChI=1S/C24H21FN2O4S/c1-24(2)14-13-21-22(31-24)12-3-16(23(21)28)15-26-18-6-8-19(9-7-18)27-32(29,30)20-10-4-17(25)5-11-20/h3-15,27-28H,1-2H3/b26-15+. The fraction of sp³-hybridized carbons (Fsp3) is 0.125. The van der Waals surface area contributed by atoms with Gasteiger partial charge in [0.05, 0.1) is 16.1 Å². The maximum atomic E-state index is 13.0. The maximum Gasteiger partial charge on any atom is 0.261 e. The molecule has 0 aromatic heterocycles. The molecule has 3 aromatic rings. The zero-order chi connectivity index (χ0) is 22.9. The minimum Gasteiger partial charge on any atom is -0.506 e. The van der Waals surface area contributed by atoms with Gasteiger partial charge in [-0.2, -0.15) is 0 Å². The number of halogens is 1. The van der Waals surface area contributed by atoms with E-state index in [0.717, 1.165) is 12.1 Å². The number of aliphatic imine (C=N–C) groups is 1. The van der Waals surface area contributed by atoms with Gasteiger partial charge < -0.3 is 9.84 Å². The number of hydrogen-bond donors (Lipinski definition) is 2. The summed E-state index contributed by atoms with van der Waals surface area (Å²) in [6.07, 6.45) is 5.23. The van der Waals surface area contributed by atoms with E-state index in [0.29, 0.717) is 28.3 Å². The second-order valence-corrected chi connectivity index (χ2v) is 9.50. The number of anilines is 1. The lowest BCUT2D eigenvalue weighted by Crippen LogP contribution is -2.27. The third-order valence-electron chi connectivity index (χ3n) is 4.83. The fourth-order valence-electron chi connectivity index (χ4n) is 3.15. The van der Waals surface area contributed by atoms with Crippen LogP contribution in [0.25, 0.3) is 6.08 Å². The van der Waals surface area contributed by atoms with Crippen LogP contribution in [-0.4, -0.2) is 25.3 Å². The molecule has 2 N–H and O–H groups in total. The van der Waals surface area contributed by atoms with Gasteiger partial charge in [-0.3, -0.25) is 9.71 Å². The summed E-state index contributed by atoms with van der Waals surface area (Å²) in [6, 6.07) is 14.5. The van der Waals surface area contributed by atoms with Gasteiger partial charge in [-0.05, 0) is 86.7 Å². The lowest BCUT2D eigenvalue weighted by Gasteiger charge is -2.28. The van der Waals surface area contributed by atoms with Gasteiger partial charge in [-0.15, -0.1) is 0 Å². The van der Waals surface area contributed by atoms with E-state index in [1.807, 2.05) is 26.0 Å². The lowest BCUT2D eigenvalue weighted by molar-refractivity contribution is 0.158. The molecule has 8 heteroatoms. The maximum absolute atomic E-state index is 13.0. The number of rotatable bonds is 5. The highest BCUT2D eigenvalue weighted by Crippen LogP contribution is 2.38. The molecule has 0 fully saturated rings. The molecule has 0 radical (unpaired) electrons. The first-order valence-electron chi connectivity index (χ1n) is 9.80. The molecule has 1 aliphatic rings. The predicted octanol–water partition coefficient (Wildman–Crippen LogP) is 5.27. The molecule has 0 bridgehead atoms. The quantitative estimate of drug-likeness (QED) is 0.517. The minimum absolute atomic E-state index is 0.0368. The van der Waals surface area contributed by atoms with Crippen molar-refractivity contribution in [3.63, 3.8) is 0 Å². The van der Waals surface area contributed by atoms with Crippen molar-refractivity contribution < 1.29 is 22.7 Å². The fourth-order valence-corrected chi connectivity index (χ4v) is 4.21.